The zero-order chi connectivity index (χ0) is 21.8. The van der Waals surface area contributed by atoms with E-state index in [1.165, 1.54) is 22.3 Å². The van der Waals surface area contributed by atoms with Crippen molar-refractivity contribution in [1.82, 2.24) is 15.3 Å². The molecule has 0 aliphatic heterocycles. The Kier molecular flexibility index (Phi) is 6.23. The molecule has 2 aromatic heterocycles. The minimum absolute atomic E-state index is 0.0238. The molecule has 2 aromatic carbocycles. The predicted octanol–water partition coefficient (Wildman–Crippen LogP) is 4.60. The van der Waals surface area contributed by atoms with Crippen LogP contribution in [0, 0.1) is 0 Å². The first-order chi connectivity index (χ1) is 15.1. The number of carbonyl (C=O) groups is 1. The van der Waals surface area contributed by atoms with E-state index in [0.717, 1.165) is 28.2 Å². The summed E-state index contributed by atoms with van der Waals surface area (Å²) in [5, 5.41) is 7.06. The highest BCUT2D eigenvalue weighted by atomic mass is 32.1. The number of amides is 1. The molecule has 0 saturated carbocycles. The molecule has 0 radical (unpaired) electrons. The molecule has 0 bridgehead atoms. The Hall–Kier alpha value is -3.32. The molecule has 160 valence electrons. The number of nitrogens with one attached hydrogen (secondary N) is 2. The molecular formula is C24H25N3O3S. The lowest BCUT2D eigenvalue weighted by atomic mass is 10.1. The Morgan fingerprint density at radius 2 is 1.97 bits per heavy atom. The minimum atomic E-state index is -0.0310. The van der Waals surface area contributed by atoms with Crippen LogP contribution in [0.5, 0.6) is 11.5 Å². The number of methoxy groups -OCH3 is 2. The highest BCUT2D eigenvalue weighted by Crippen LogP contribution is 2.33. The van der Waals surface area contributed by atoms with Gasteiger partial charge < -0.3 is 19.8 Å². The van der Waals surface area contributed by atoms with Crippen molar-refractivity contribution in [3.8, 4) is 22.1 Å². The second-order valence-corrected chi connectivity index (χ2v) is 8.28. The molecule has 4 aromatic rings. The summed E-state index contributed by atoms with van der Waals surface area (Å²) in [5.41, 5.74) is 4.00. The van der Waals surface area contributed by atoms with Crippen LogP contribution in [0.2, 0.25) is 0 Å². The molecule has 0 fully saturated rings. The van der Waals surface area contributed by atoms with Crippen LogP contribution < -0.4 is 14.8 Å². The summed E-state index contributed by atoms with van der Waals surface area (Å²) in [5.74, 6) is 1.30. The van der Waals surface area contributed by atoms with E-state index in [1.54, 1.807) is 14.2 Å². The lowest BCUT2D eigenvalue weighted by Gasteiger charge is -2.13. The Balaban J connectivity index is 1.37. The quantitative estimate of drug-likeness (QED) is 0.424. The highest BCUT2D eigenvalue weighted by molar-refractivity contribution is 7.13. The van der Waals surface area contributed by atoms with Crippen molar-refractivity contribution in [3.63, 3.8) is 0 Å². The first kappa shape index (κ1) is 20.9. The topological polar surface area (TPSA) is 76.2 Å². The zero-order valence-corrected chi connectivity index (χ0v) is 18.6. The van der Waals surface area contributed by atoms with Crippen LogP contribution >= 0.6 is 11.3 Å². The van der Waals surface area contributed by atoms with Crippen LogP contribution in [0.3, 0.4) is 0 Å². The summed E-state index contributed by atoms with van der Waals surface area (Å²) in [4.78, 5) is 20.5. The second kappa shape index (κ2) is 9.22. The van der Waals surface area contributed by atoms with Gasteiger partial charge in [-0.05, 0) is 43.2 Å². The lowest BCUT2D eigenvalue weighted by Crippen LogP contribution is -2.35. The first-order valence-corrected chi connectivity index (χ1v) is 11.0. The van der Waals surface area contributed by atoms with Gasteiger partial charge in [0, 0.05) is 34.1 Å². The van der Waals surface area contributed by atoms with Crippen molar-refractivity contribution in [2.24, 2.45) is 0 Å². The number of benzene rings is 2. The summed E-state index contributed by atoms with van der Waals surface area (Å²) in [6, 6.07) is 13.9. The van der Waals surface area contributed by atoms with Gasteiger partial charge >= 0.3 is 0 Å². The number of hydrogen-bond donors (Lipinski definition) is 2. The van der Waals surface area contributed by atoms with Crippen molar-refractivity contribution in [3.05, 3.63) is 65.3 Å². The first-order valence-electron chi connectivity index (χ1n) is 10.1. The molecule has 2 N–H and O–H groups in total. The number of ether oxygens (including phenoxy) is 2. The number of aromatic nitrogens is 2. The van der Waals surface area contributed by atoms with E-state index in [4.69, 9.17) is 9.47 Å². The number of fused-ring (bicyclic) bond motifs is 1. The van der Waals surface area contributed by atoms with E-state index in [-0.39, 0.29) is 18.4 Å². The van der Waals surface area contributed by atoms with E-state index in [9.17, 15) is 4.79 Å². The van der Waals surface area contributed by atoms with Gasteiger partial charge in [0.1, 0.15) is 5.01 Å². The summed E-state index contributed by atoms with van der Waals surface area (Å²) in [6.07, 6.45) is 3.04. The normalized spacial score (nSPS) is 12.0. The van der Waals surface area contributed by atoms with Gasteiger partial charge in [-0.2, -0.15) is 0 Å². The molecule has 1 atom stereocenters. The summed E-state index contributed by atoms with van der Waals surface area (Å²) < 4.78 is 10.7. The molecule has 31 heavy (non-hydrogen) atoms. The Morgan fingerprint density at radius 1 is 1.16 bits per heavy atom. The maximum atomic E-state index is 12.6. The third-order valence-corrected chi connectivity index (χ3v) is 6.07. The molecule has 0 spiro atoms. The average molecular weight is 436 g/mol. The molecule has 1 amide bonds. The predicted molar refractivity (Wildman–Crippen MR) is 124 cm³/mol. The average Bonchev–Trinajstić information content (AvgIpc) is 3.40. The van der Waals surface area contributed by atoms with Crippen molar-refractivity contribution < 1.29 is 14.3 Å². The van der Waals surface area contributed by atoms with Gasteiger partial charge in [0.2, 0.25) is 5.91 Å². The van der Waals surface area contributed by atoms with Crippen molar-refractivity contribution in [2.45, 2.75) is 25.8 Å². The minimum Gasteiger partial charge on any atom is -0.493 e. The molecule has 4 rings (SSSR count). The number of hydrogen-bond acceptors (Lipinski definition) is 5. The van der Waals surface area contributed by atoms with Gasteiger partial charge in [-0.15, -0.1) is 11.3 Å². The van der Waals surface area contributed by atoms with Crippen LogP contribution in [0.25, 0.3) is 21.5 Å². The standard InChI is InChI=1S/C24H25N3O3S/c1-15(10-17-13-25-20-7-5-4-6-19(17)20)26-23(28)12-18-14-31-24(27-18)16-8-9-21(29-2)22(11-16)30-3/h4-9,11,13-15,25H,10,12H2,1-3H3,(H,26,28)/t15-/m1/s1. The monoisotopic (exact) mass is 435 g/mol. The summed E-state index contributed by atoms with van der Waals surface area (Å²) in [7, 11) is 3.22. The third kappa shape index (κ3) is 4.72. The van der Waals surface area contributed by atoms with Gasteiger partial charge in [-0.25, -0.2) is 4.98 Å². The molecule has 0 unspecified atom stereocenters. The fraction of sp³-hybridized carbons (Fsp3) is 0.250. The van der Waals surface area contributed by atoms with Gasteiger partial charge in [0.15, 0.2) is 11.5 Å². The summed E-state index contributed by atoms with van der Waals surface area (Å²) >= 11 is 1.51. The number of thiazole rings is 1. The Morgan fingerprint density at radius 3 is 2.77 bits per heavy atom. The summed E-state index contributed by atoms with van der Waals surface area (Å²) in [6.45, 7) is 2.02. The van der Waals surface area contributed by atoms with E-state index in [2.05, 4.69) is 27.4 Å². The van der Waals surface area contributed by atoms with Crippen LogP contribution in [0.15, 0.2) is 54.0 Å². The van der Waals surface area contributed by atoms with Crippen LogP contribution in [-0.2, 0) is 17.6 Å². The Labute approximate surface area is 185 Å². The number of aromatic amines is 1. The number of rotatable bonds is 8. The highest BCUT2D eigenvalue weighted by Gasteiger charge is 2.14. The fourth-order valence-corrected chi connectivity index (χ4v) is 4.48. The zero-order valence-electron chi connectivity index (χ0n) is 17.8. The van der Waals surface area contributed by atoms with E-state index in [1.807, 2.05) is 48.8 Å². The van der Waals surface area contributed by atoms with E-state index >= 15 is 0 Å². The van der Waals surface area contributed by atoms with E-state index in [0.29, 0.717) is 11.5 Å². The number of carbonyl (C=O) groups excluding carboxylic acids is 1. The molecular weight excluding hydrogens is 410 g/mol. The lowest BCUT2D eigenvalue weighted by molar-refractivity contribution is -0.121. The van der Waals surface area contributed by atoms with Crippen molar-refractivity contribution >= 4 is 28.1 Å². The number of H-pyrrole nitrogens is 1. The maximum absolute atomic E-state index is 12.6. The fourth-order valence-electron chi connectivity index (χ4n) is 3.66. The number of nitrogens with zero attached hydrogens (tertiary/aromatic N) is 1. The maximum Gasteiger partial charge on any atom is 0.226 e. The van der Waals surface area contributed by atoms with E-state index < -0.39 is 0 Å². The SMILES string of the molecule is COc1ccc(-c2nc(CC(=O)N[C@H](C)Cc3c[nH]c4ccccc34)cs2)cc1OC. The van der Waals surface area contributed by atoms with Crippen LogP contribution in [0.1, 0.15) is 18.2 Å². The van der Waals surface area contributed by atoms with Crippen LogP contribution in [-0.4, -0.2) is 36.1 Å². The van der Waals surface area contributed by atoms with Crippen LogP contribution in [0.4, 0.5) is 0 Å². The molecule has 6 nitrogen and oxygen atoms in total. The molecule has 0 aliphatic rings. The molecule has 2 heterocycles. The van der Waals surface area contributed by atoms with Gasteiger partial charge in [0.25, 0.3) is 0 Å². The van der Waals surface area contributed by atoms with Gasteiger partial charge in [-0.1, -0.05) is 18.2 Å². The molecule has 0 saturated heterocycles. The molecule has 7 heteroatoms. The molecule has 0 aliphatic carbocycles. The second-order valence-electron chi connectivity index (χ2n) is 7.42. The smallest absolute Gasteiger partial charge is 0.226 e. The number of para-hydroxylation sites is 1. The van der Waals surface area contributed by atoms with Gasteiger partial charge in [0.05, 0.1) is 26.3 Å². The largest absolute Gasteiger partial charge is 0.493 e. The van der Waals surface area contributed by atoms with Crippen molar-refractivity contribution in [2.75, 3.05) is 14.2 Å². The van der Waals surface area contributed by atoms with Crippen molar-refractivity contribution in [1.29, 1.82) is 0 Å². The van der Waals surface area contributed by atoms with Gasteiger partial charge in [-0.3, -0.25) is 4.79 Å². The third-order valence-electron chi connectivity index (χ3n) is 5.13. The Bertz CT molecular complexity index is 1200.